The molecule has 0 unspecified atom stereocenters. The zero-order valence-corrected chi connectivity index (χ0v) is 10.5. The highest BCUT2D eigenvalue weighted by atomic mass is 35.5. The number of benzene rings is 1. The van der Waals surface area contributed by atoms with E-state index < -0.39 is 0 Å². The summed E-state index contributed by atoms with van der Waals surface area (Å²) in [4.78, 5) is 7.98. The third-order valence-electron chi connectivity index (χ3n) is 2.30. The molecular weight excluding hydrogens is 257 g/mol. The molecule has 0 saturated carbocycles. The van der Waals surface area contributed by atoms with Crippen molar-refractivity contribution in [2.45, 2.75) is 13.1 Å². The van der Waals surface area contributed by atoms with Crippen molar-refractivity contribution in [1.29, 1.82) is 0 Å². The molecule has 2 rings (SSSR count). The Bertz CT molecular complexity index is 488. The van der Waals surface area contributed by atoms with Gasteiger partial charge in [0.2, 0.25) is 0 Å². The first-order valence-corrected chi connectivity index (χ1v) is 5.91. The summed E-state index contributed by atoms with van der Waals surface area (Å²) in [5.41, 5.74) is 1.92. The molecular formula is C12H11Cl2N3. The fourth-order valence-electron chi connectivity index (χ4n) is 1.43. The van der Waals surface area contributed by atoms with E-state index in [1.807, 2.05) is 18.2 Å². The van der Waals surface area contributed by atoms with Gasteiger partial charge >= 0.3 is 0 Å². The maximum Gasteiger partial charge on any atom is 0.115 e. The summed E-state index contributed by atoms with van der Waals surface area (Å²) in [5.74, 6) is 0. The average molecular weight is 268 g/mol. The van der Waals surface area contributed by atoms with Crippen LogP contribution in [0.2, 0.25) is 10.0 Å². The van der Waals surface area contributed by atoms with Gasteiger partial charge in [-0.25, -0.2) is 9.97 Å². The molecule has 5 heteroatoms. The second-order valence-corrected chi connectivity index (χ2v) is 4.30. The molecule has 1 heterocycles. The van der Waals surface area contributed by atoms with E-state index in [1.165, 1.54) is 6.33 Å². The third-order valence-corrected chi connectivity index (χ3v) is 3.15. The van der Waals surface area contributed by atoms with Gasteiger partial charge in [-0.15, -0.1) is 0 Å². The van der Waals surface area contributed by atoms with Crippen LogP contribution in [0, 0.1) is 0 Å². The highest BCUT2D eigenvalue weighted by Gasteiger charge is 2.03. The molecule has 0 amide bonds. The van der Waals surface area contributed by atoms with Crippen LogP contribution < -0.4 is 5.32 Å². The maximum atomic E-state index is 6.08. The normalized spacial score (nSPS) is 10.5. The molecule has 17 heavy (non-hydrogen) atoms. The van der Waals surface area contributed by atoms with Crippen LogP contribution >= 0.6 is 23.2 Å². The van der Waals surface area contributed by atoms with E-state index in [4.69, 9.17) is 23.2 Å². The predicted molar refractivity (Wildman–Crippen MR) is 69.0 cm³/mol. The molecule has 1 aromatic heterocycles. The molecule has 1 aromatic carbocycles. The van der Waals surface area contributed by atoms with E-state index in [0.717, 1.165) is 11.3 Å². The largest absolute Gasteiger partial charge is 0.307 e. The lowest BCUT2D eigenvalue weighted by molar-refractivity contribution is 0.678. The van der Waals surface area contributed by atoms with Crippen molar-refractivity contribution in [3.63, 3.8) is 0 Å². The summed E-state index contributed by atoms with van der Waals surface area (Å²) in [5, 5.41) is 4.43. The fraction of sp³-hybridized carbons (Fsp3) is 0.167. The van der Waals surface area contributed by atoms with Crippen molar-refractivity contribution in [3.05, 3.63) is 58.1 Å². The summed E-state index contributed by atoms with van der Waals surface area (Å²) in [7, 11) is 0. The van der Waals surface area contributed by atoms with Crippen LogP contribution in [-0.4, -0.2) is 9.97 Å². The quantitative estimate of drug-likeness (QED) is 0.926. The van der Waals surface area contributed by atoms with Crippen molar-refractivity contribution >= 4 is 23.2 Å². The number of halogens is 2. The number of aromatic nitrogens is 2. The first-order chi connectivity index (χ1) is 8.27. The molecule has 0 fully saturated rings. The summed E-state index contributed by atoms with van der Waals surface area (Å²) in [6.07, 6.45) is 3.25. The van der Waals surface area contributed by atoms with Gasteiger partial charge in [-0.05, 0) is 17.7 Å². The minimum Gasteiger partial charge on any atom is -0.307 e. The summed E-state index contributed by atoms with van der Waals surface area (Å²) in [6, 6.07) is 7.47. The van der Waals surface area contributed by atoms with E-state index in [-0.39, 0.29) is 0 Å². The number of nitrogens with one attached hydrogen (secondary N) is 1. The van der Waals surface area contributed by atoms with E-state index in [9.17, 15) is 0 Å². The van der Waals surface area contributed by atoms with Crippen LogP contribution in [0.25, 0.3) is 0 Å². The predicted octanol–water partition coefficient (Wildman–Crippen LogP) is 3.07. The Labute approximate surface area is 110 Å². The molecule has 0 bridgehead atoms. The van der Waals surface area contributed by atoms with Gasteiger partial charge in [-0.2, -0.15) is 0 Å². The monoisotopic (exact) mass is 267 g/mol. The molecule has 0 aliphatic heterocycles. The zero-order valence-electron chi connectivity index (χ0n) is 9.03. The minimum absolute atomic E-state index is 0.577. The molecule has 2 aromatic rings. The second kappa shape index (κ2) is 5.96. The molecule has 0 aliphatic rings. The standard InChI is InChI=1S/C12H11Cl2N3/c13-11-3-1-2-9(12(11)14)6-16-7-10-4-5-15-8-17-10/h1-5,8,16H,6-7H2. The Morgan fingerprint density at radius 3 is 2.76 bits per heavy atom. The zero-order chi connectivity index (χ0) is 12.1. The van der Waals surface area contributed by atoms with Crippen LogP contribution in [0.15, 0.2) is 36.8 Å². The van der Waals surface area contributed by atoms with Crippen LogP contribution in [-0.2, 0) is 13.1 Å². The van der Waals surface area contributed by atoms with Gasteiger partial charge in [0.15, 0.2) is 0 Å². The van der Waals surface area contributed by atoms with Gasteiger partial charge in [0.25, 0.3) is 0 Å². The third kappa shape index (κ3) is 3.40. The Morgan fingerprint density at radius 2 is 2.00 bits per heavy atom. The van der Waals surface area contributed by atoms with Crippen LogP contribution in [0.3, 0.4) is 0 Å². The van der Waals surface area contributed by atoms with Crippen LogP contribution in [0.4, 0.5) is 0 Å². The van der Waals surface area contributed by atoms with Crippen molar-refractivity contribution in [3.8, 4) is 0 Å². The number of hydrogen-bond donors (Lipinski definition) is 1. The average Bonchev–Trinajstić information content (AvgIpc) is 2.36. The fourth-order valence-corrected chi connectivity index (χ4v) is 1.82. The second-order valence-electron chi connectivity index (χ2n) is 3.52. The van der Waals surface area contributed by atoms with Crippen molar-refractivity contribution in [1.82, 2.24) is 15.3 Å². The minimum atomic E-state index is 0.577. The van der Waals surface area contributed by atoms with E-state index in [2.05, 4.69) is 15.3 Å². The Morgan fingerprint density at radius 1 is 1.12 bits per heavy atom. The number of hydrogen-bond acceptors (Lipinski definition) is 3. The Kier molecular flexibility index (Phi) is 4.31. The Hall–Kier alpha value is -1.16. The highest BCUT2D eigenvalue weighted by molar-refractivity contribution is 6.42. The van der Waals surface area contributed by atoms with Crippen molar-refractivity contribution < 1.29 is 0 Å². The summed E-state index contributed by atoms with van der Waals surface area (Å²) in [6.45, 7) is 1.33. The lowest BCUT2D eigenvalue weighted by Gasteiger charge is -2.07. The van der Waals surface area contributed by atoms with Gasteiger partial charge in [0, 0.05) is 19.3 Å². The lowest BCUT2D eigenvalue weighted by Crippen LogP contribution is -2.14. The topological polar surface area (TPSA) is 37.8 Å². The van der Waals surface area contributed by atoms with Crippen molar-refractivity contribution in [2.24, 2.45) is 0 Å². The maximum absolute atomic E-state index is 6.08. The van der Waals surface area contributed by atoms with Crippen LogP contribution in [0.5, 0.6) is 0 Å². The van der Waals surface area contributed by atoms with Crippen molar-refractivity contribution in [2.75, 3.05) is 0 Å². The summed E-state index contributed by atoms with van der Waals surface area (Å²) < 4.78 is 0. The van der Waals surface area contributed by atoms with Gasteiger partial charge < -0.3 is 5.32 Å². The number of nitrogens with zero attached hydrogens (tertiary/aromatic N) is 2. The van der Waals surface area contributed by atoms with Crippen LogP contribution in [0.1, 0.15) is 11.3 Å². The molecule has 0 aliphatic carbocycles. The van der Waals surface area contributed by atoms with E-state index in [0.29, 0.717) is 23.1 Å². The Balaban J connectivity index is 1.93. The van der Waals surface area contributed by atoms with Gasteiger partial charge in [0.05, 0.1) is 15.7 Å². The van der Waals surface area contributed by atoms with E-state index >= 15 is 0 Å². The van der Waals surface area contributed by atoms with Gasteiger partial charge in [-0.3, -0.25) is 0 Å². The highest BCUT2D eigenvalue weighted by Crippen LogP contribution is 2.25. The smallest absolute Gasteiger partial charge is 0.115 e. The molecule has 88 valence electrons. The molecule has 1 N–H and O–H groups in total. The van der Waals surface area contributed by atoms with E-state index in [1.54, 1.807) is 12.3 Å². The molecule has 0 atom stereocenters. The first kappa shape index (κ1) is 12.3. The SMILES string of the molecule is Clc1cccc(CNCc2ccncn2)c1Cl. The molecule has 0 radical (unpaired) electrons. The molecule has 0 saturated heterocycles. The summed E-state index contributed by atoms with van der Waals surface area (Å²) >= 11 is 12.0. The lowest BCUT2D eigenvalue weighted by atomic mass is 10.2. The molecule has 3 nitrogen and oxygen atoms in total. The van der Waals surface area contributed by atoms with Gasteiger partial charge in [0.1, 0.15) is 6.33 Å². The molecule has 0 spiro atoms. The van der Waals surface area contributed by atoms with Gasteiger partial charge in [-0.1, -0.05) is 35.3 Å². The first-order valence-electron chi connectivity index (χ1n) is 5.16. The number of rotatable bonds is 4.